The van der Waals surface area contributed by atoms with E-state index in [1.807, 2.05) is 0 Å². The first-order valence-electron chi connectivity index (χ1n) is 10.00. The van der Waals surface area contributed by atoms with Crippen LogP contribution in [0.1, 0.15) is 49.3 Å². The molecule has 1 aliphatic carbocycles. The van der Waals surface area contributed by atoms with Crippen molar-refractivity contribution < 1.29 is 18.3 Å². The second kappa shape index (κ2) is 9.85. The molecule has 1 atom stereocenters. The molecule has 1 unspecified atom stereocenters. The first kappa shape index (κ1) is 22.7. The molecule has 7 nitrogen and oxygen atoms in total. The van der Waals surface area contributed by atoms with E-state index < -0.39 is 15.8 Å². The SMILES string of the molecule is CS(=O)(=O)c1ccc(C(CC2CCCC2)C(=O)Nc2cnc(CCO)cn2)cc1Cl. The maximum atomic E-state index is 13.1. The molecule has 0 bridgehead atoms. The lowest BCUT2D eigenvalue weighted by Crippen LogP contribution is -2.24. The highest BCUT2D eigenvalue weighted by Gasteiger charge is 2.28. The number of hydrogen-bond donors (Lipinski definition) is 2. The fourth-order valence-electron chi connectivity index (χ4n) is 3.88. The van der Waals surface area contributed by atoms with Gasteiger partial charge in [0.25, 0.3) is 0 Å². The lowest BCUT2D eigenvalue weighted by molar-refractivity contribution is -0.118. The van der Waals surface area contributed by atoms with Gasteiger partial charge in [0.1, 0.15) is 0 Å². The lowest BCUT2D eigenvalue weighted by Gasteiger charge is -2.21. The molecule has 162 valence electrons. The number of carbonyl (C=O) groups is 1. The van der Waals surface area contributed by atoms with Crippen molar-refractivity contribution in [2.24, 2.45) is 5.92 Å². The van der Waals surface area contributed by atoms with Crippen LogP contribution < -0.4 is 5.32 Å². The summed E-state index contributed by atoms with van der Waals surface area (Å²) in [5.74, 6) is 0.0662. The van der Waals surface area contributed by atoms with Crippen molar-refractivity contribution in [3.8, 4) is 0 Å². The molecule has 0 spiro atoms. The molecule has 1 amide bonds. The standard InChI is InChI=1S/C21H26ClN3O4S/c1-30(28,29)19-7-6-15(11-18(19)22)17(10-14-4-2-3-5-14)21(27)25-20-13-23-16(8-9-26)12-24-20/h6-7,11-14,17,26H,2-5,8-10H2,1H3,(H,24,25,27). The Labute approximate surface area is 181 Å². The zero-order valence-electron chi connectivity index (χ0n) is 16.8. The highest BCUT2D eigenvalue weighted by atomic mass is 35.5. The van der Waals surface area contributed by atoms with Gasteiger partial charge >= 0.3 is 0 Å². The van der Waals surface area contributed by atoms with Gasteiger partial charge in [0.15, 0.2) is 15.7 Å². The van der Waals surface area contributed by atoms with Crippen molar-refractivity contribution in [1.29, 1.82) is 0 Å². The summed E-state index contributed by atoms with van der Waals surface area (Å²) in [6, 6.07) is 4.70. The molecule has 0 aliphatic heterocycles. The van der Waals surface area contributed by atoms with E-state index in [2.05, 4.69) is 15.3 Å². The number of aliphatic hydroxyl groups excluding tert-OH is 1. The minimum Gasteiger partial charge on any atom is -0.396 e. The Morgan fingerprint density at radius 1 is 1.27 bits per heavy atom. The molecular weight excluding hydrogens is 426 g/mol. The summed E-state index contributed by atoms with van der Waals surface area (Å²) in [7, 11) is -3.44. The van der Waals surface area contributed by atoms with Crippen LogP contribution in [0.5, 0.6) is 0 Å². The molecule has 1 aromatic heterocycles. The van der Waals surface area contributed by atoms with E-state index in [9.17, 15) is 13.2 Å². The molecule has 1 saturated carbocycles. The van der Waals surface area contributed by atoms with Gasteiger partial charge in [-0.2, -0.15) is 0 Å². The highest BCUT2D eigenvalue weighted by Crippen LogP contribution is 2.36. The van der Waals surface area contributed by atoms with Crippen molar-refractivity contribution in [2.45, 2.75) is 49.3 Å². The fraction of sp³-hybridized carbons (Fsp3) is 0.476. The molecule has 30 heavy (non-hydrogen) atoms. The van der Waals surface area contributed by atoms with Gasteiger partial charge in [0.05, 0.1) is 33.9 Å². The molecule has 1 fully saturated rings. The van der Waals surface area contributed by atoms with Gasteiger partial charge in [-0.1, -0.05) is 43.4 Å². The minimum absolute atomic E-state index is 0.0198. The third-order valence-corrected chi connectivity index (χ3v) is 7.02. The van der Waals surface area contributed by atoms with Gasteiger partial charge in [-0.05, 0) is 30.0 Å². The van der Waals surface area contributed by atoms with Crippen molar-refractivity contribution in [3.05, 3.63) is 46.9 Å². The third kappa shape index (κ3) is 5.77. The van der Waals surface area contributed by atoms with Crippen molar-refractivity contribution in [1.82, 2.24) is 9.97 Å². The number of amides is 1. The summed E-state index contributed by atoms with van der Waals surface area (Å²) in [5.41, 5.74) is 1.32. The Morgan fingerprint density at radius 2 is 2.00 bits per heavy atom. The van der Waals surface area contributed by atoms with Gasteiger partial charge in [0, 0.05) is 19.3 Å². The second-order valence-corrected chi connectivity index (χ2v) is 10.1. The topological polar surface area (TPSA) is 109 Å². The van der Waals surface area contributed by atoms with E-state index in [1.54, 1.807) is 12.1 Å². The Kier molecular flexibility index (Phi) is 7.44. The number of nitrogens with one attached hydrogen (secondary N) is 1. The number of aromatic nitrogens is 2. The summed E-state index contributed by atoms with van der Waals surface area (Å²) in [6.45, 7) is -0.0198. The Balaban J connectivity index is 1.84. The zero-order chi connectivity index (χ0) is 21.7. The van der Waals surface area contributed by atoms with Gasteiger partial charge in [-0.15, -0.1) is 0 Å². The van der Waals surface area contributed by atoms with E-state index >= 15 is 0 Å². The summed E-state index contributed by atoms with van der Waals surface area (Å²) in [5, 5.41) is 11.9. The van der Waals surface area contributed by atoms with E-state index in [0.717, 1.165) is 31.9 Å². The molecule has 0 saturated heterocycles. The molecular formula is C21H26ClN3O4S. The van der Waals surface area contributed by atoms with Crippen LogP contribution in [0.4, 0.5) is 5.82 Å². The van der Waals surface area contributed by atoms with E-state index in [0.29, 0.717) is 35.8 Å². The van der Waals surface area contributed by atoms with Crippen molar-refractivity contribution in [2.75, 3.05) is 18.2 Å². The molecule has 1 aromatic carbocycles. The summed E-state index contributed by atoms with van der Waals surface area (Å²) in [4.78, 5) is 21.6. The van der Waals surface area contributed by atoms with Crippen molar-refractivity contribution in [3.63, 3.8) is 0 Å². The van der Waals surface area contributed by atoms with E-state index in [4.69, 9.17) is 16.7 Å². The normalized spacial score (nSPS) is 15.8. The third-order valence-electron chi connectivity index (χ3n) is 5.44. The van der Waals surface area contributed by atoms with Crippen LogP contribution in [-0.4, -0.2) is 42.3 Å². The quantitative estimate of drug-likeness (QED) is 0.636. The summed E-state index contributed by atoms with van der Waals surface area (Å²) in [6.07, 6.45) is 9.63. The predicted octanol–water partition coefficient (Wildman–Crippen LogP) is 3.37. The van der Waals surface area contributed by atoms with Crippen LogP contribution in [0.2, 0.25) is 5.02 Å². The number of halogens is 1. The van der Waals surface area contributed by atoms with Crippen LogP contribution in [0.3, 0.4) is 0 Å². The van der Waals surface area contributed by atoms with Crippen molar-refractivity contribution >= 4 is 33.2 Å². The molecule has 0 radical (unpaired) electrons. The summed E-state index contributed by atoms with van der Waals surface area (Å²) < 4.78 is 23.7. The molecule has 3 rings (SSSR count). The number of rotatable bonds is 8. The number of sulfone groups is 1. The number of anilines is 1. The maximum absolute atomic E-state index is 13.1. The van der Waals surface area contributed by atoms with Crippen LogP contribution >= 0.6 is 11.6 Å². The number of carbonyl (C=O) groups excluding carboxylic acids is 1. The number of aliphatic hydroxyl groups is 1. The summed E-state index contributed by atoms with van der Waals surface area (Å²) >= 11 is 6.23. The largest absolute Gasteiger partial charge is 0.396 e. The van der Waals surface area contributed by atoms with Gasteiger partial charge in [0.2, 0.25) is 5.91 Å². The molecule has 2 N–H and O–H groups in total. The van der Waals surface area contributed by atoms with Gasteiger partial charge in [-0.3, -0.25) is 9.78 Å². The average molecular weight is 452 g/mol. The van der Waals surface area contributed by atoms with E-state index in [-0.39, 0.29) is 22.4 Å². The first-order valence-corrected chi connectivity index (χ1v) is 12.3. The van der Waals surface area contributed by atoms with Crippen LogP contribution in [-0.2, 0) is 21.1 Å². The predicted molar refractivity (Wildman–Crippen MR) is 115 cm³/mol. The van der Waals surface area contributed by atoms with Crippen LogP contribution in [0.25, 0.3) is 0 Å². The Bertz CT molecular complexity index is 990. The fourth-order valence-corrected chi connectivity index (χ4v) is 5.22. The molecule has 1 aliphatic rings. The van der Waals surface area contributed by atoms with Gasteiger partial charge in [-0.25, -0.2) is 13.4 Å². The average Bonchev–Trinajstić information content (AvgIpc) is 3.20. The first-order chi connectivity index (χ1) is 14.3. The Hall–Kier alpha value is -2.03. The zero-order valence-corrected chi connectivity index (χ0v) is 18.4. The van der Waals surface area contributed by atoms with Crippen LogP contribution in [0, 0.1) is 5.92 Å². The molecule has 2 aromatic rings. The second-order valence-electron chi connectivity index (χ2n) is 7.76. The Morgan fingerprint density at radius 3 is 2.57 bits per heavy atom. The number of benzene rings is 1. The molecule has 1 heterocycles. The number of hydrogen-bond acceptors (Lipinski definition) is 6. The lowest BCUT2D eigenvalue weighted by atomic mass is 9.87. The van der Waals surface area contributed by atoms with Gasteiger partial charge < -0.3 is 10.4 Å². The smallest absolute Gasteiger partial charge is 0.233 e. The maximum Gasteiger partial charge on any atom is 0.233 e. The van der Waals surface area contributed by atoms with E-state index in [1.165, 1.54) is 18.5 Å². The monoisotopic (exact) mass is 451 g/mol. The molecule has 9 heteroatoms. The number of nitrogens with zero attached hydrogens (tertiary/aromatic N) is 2. The van der Waals surface area contributed by atoms with Crippen LogP contribution in [0.15, 0.2) is 35.5 Å². The highest BCUT2D eigenvalue weighted by molar-refractivity contribution is 7.90. The minimum atomic E-state index is -3.44.